The van der Waals surface area contributed by atoms with Gasteiger partial charge in [-0.15, -0.1) is 0 Å². The van der Waals surface area contributed by atoms with Gasteiger partial charge >= 0.3 is 5.97 Å². The predicted octanol–water partition coefficient (Wildman–Crippen LogP) is 1.56. The van der Waals surface area contributed by atoms with E-state index in [1.165, 1.54) is 0 Å². The Balaban J connectivity index is 4.11. The third kappa shape index (κ3) is 6.08. The minimum atomic E-state index is -0.760. The highest BCUT2D eigenvalue weighted by Gasteiger charge is 2.20. The van der Waals surface area contributed by atoms with E-state index in [2.05, 4.69) is 24.1 Å². The van der Waals surface area contributed by atoms with Gasteiger partial charge in [-0.25, -0.2) is 0 Å². The second kappa shape index (κ2) is 8.53. The zero-order valence-electron chi connectivity index (χ0n) is 11.0. The molecule has 0 amide bonds. The molecular weight excluding hydrogens is 204 g/mol. The molecule has 4 heteroatoms. The van der Waals surface area contributed by atoms with Crippen molar-refractivity contribution in [2.45, 2.75) is 52.1 Å². The van der Waals surface area contributed by atoms with E-state index in [9.17, 15) is 4.79 Å². The van der Waals surface area contributed by atoms with E-state index in [0.29, 0.717) is 12.6 Å². The summed E-state index contributed by atoms with van der Waals surface area (Å²) in [4.78, 5) is 13.1. The maximum Gasteiger partial charge on any atom is 0.322 e. The fourth-order valence-electron chi connectivity index (χ4n) is 1.65. The number of hydrogen-bond acceptors (Lipinski definition) is 3. The Bertz CT molecular complexity index is 197. The highest BCUT2D eigenvalue weighted by molar-refractivity contribution is 5.73. The largest absolute Gasteiger partial charge is 0.480 e. The number of carboxylic acids is 1. The van der Waals surface area contributed by atoms with Crippen LogP contribution in [0.2, 0.25) is 0 Å². The lowest BCUT2D eigenvalue weighted by atomic mass is 10.1. The van der Waals surface area contributed by atoms with E-state index < -0.39 is 12.0 Å². The SMILES string of the molecule is CCCNC(CN(C)C(C)CCC)C(=O)O. The number of rotatable bonds is 9. The summed E-state index contributed by atoms with van der Waals surface area (Å²) in [5, 5.41) is 12.1. The summed E-state index contributed by atoms with van der Waals surface area (Å²) >= 11 is 0. The summed E-state index contributed by atoms with van der Waals surface area (Å²) in [5.74, 6) is -0.760. The molecule has 0 rings (SSSR count). The van der Waals surface area contributed by atoms with Crippen LogP contribution in [0.3, 0.4) is 0 Å². The second-order valence-corrected chi connectivity index (χ2v) is 4.42. The molecule has 0 saturated carbocycles. The first-order chi connectivity index (χ1) is 7.52. The lowest BCUT2D eigenvalue weighted by Gasteiger charge is -2.27. The molecule has 0 aromatic heterocycles. The van der Waals surface area contributed by atoms with E-state index in [4.69, 9.17) is 5.11 Å². The lowest BCUT2D eigenvalue weighted by Crippen LogP contribution is -2.47. The molecule has 0 aliphatic heterocycles. The molecule has 0 aliphatic carbocycles. The average molecular weight is 230 g/mol. The van der Waals surface area contributed by atoms with Crippen LogP contribution >= 0.6 is 0 Å². The predicted molar refractivity (Wildman–Crippen MR) is 66.7 cm³/mol. The van der Waals surface area contributed by atoms with Crippen molar-refractivity contribution >= 4 is 5.97 Å². The quantitative estimate of drug-likeness (QED) is 0.631. The van der Waals surface area contributed by atoms with Gasteiger partial charge in [0, 0.05) is 12.6 Å². The van der Waals surface area contributed by atoms with E-state index in [-0.39, 0.29) is 0 Å². The Kier molecular flexibility index (Phi) is 8.21. The first-order valence-corrected chi connectivity index (χ1v) is 6.19. The fourth-order valence-corrected chi connectivity index (χ4v) is 1.65. The van der Waals surface area contributed by atoms with Crippen LogP contribution in [0, 0.1) is 0 Å². The van der Waals surface area contributed by atoms with E-state index in [0.717, 1.165) is 25.8 Å². The van der Waals surface area contributed by atoms with Gasteiger partial charge in [0.15, 0.2) is 0 Å². The van der Waals surface area contributed by atoms with Crippen LogP contribution in [0.25, 0.3) is 0 Å². The summed E-state index contributed by atoms with van der Waals surface area (Å²) in [7, 11) is 1.99. The van der Waals surface area contributed by atoms with Crippen LogP contribution in [0.1, 0.15) is 40.0 Å². The molecule has 0 radical (unpaired) electrons. The highest BCUT2D eigenvalue weighted by Crippen LogP contribution is 2.04. The number of likely N-dealkylation sites (N-methyl/N-ethyl adjacent to an activating group) is 1. The number of carboxylic acid groups (broad SMARTS) is 1. The first-order valence-electron chi connectivity index (χ1n) is 6.19. The molecule has 2 N–H and O–H groups in total. The van der Waals surface area contributed by atoms with Gasteiger partial charge in [-0.1, -0.05) is 20.3 Å². The number of hydrogen-bond donors (Lipinski definition) is 2. The summed E-state index contributed by atoms with van der Waals surface area (Å²) in [6.07, 6.45) is 3.19. The van der Waals surface area contributed by atoms with Crippen molar-refractivity contribution in [2.75, 3.05) is 20.1 Å². The van der Waals surface area contributed by atoms with E-state index >= 15 is 0 Å². The molecule has 0 aromatic carbocycles. The summed E-state index contributed by atoms with van der Waals surface area (Å²) in [5.41, 5.74) is 0. The van der Waals surface area contributed by atoms with Crippen molar-refractivity contribution in [3.8, 4) is 0 Å². The zero-order valence-corrected chi connectivity index (χ0v) is 11.0. The first kappa shape index (κ1) is 15.4. The number of nitrogens with zero attached hydrogens (tertiary/aromatic N) is 1. The highest BCUT2D eigenvalue weighted by atomic mass is 16.4. The second-order valence-electron chi connectivity index (χ2n) is 4.42. The Labute approximate surface area is 99.0 Å². The summed E-state index contributed by atoms with van der Waals surface area (Å²) in [6, 6.07) is -0.0143. The molecule has 0 bridgehead atoms. The molecular formula is C12H26N2O2. The molecule has 16 heavy (non-hydrogen) atoms. The maximum atomic E-state index is 11.0. The van der Waals surface area contributed by atoms with Gasteiger partial charge in [-0.3, -0.25) is 4.79 Å². The van der Waals surface area contributed by atoms with Gasteiger partial charge in [0.2, 0.25) is 0 Å². The molecule has 0 heterocycles. The summed E-state index contributed by atoms with van der Waals surface area (Å²) < 4.78 is 0. The van der Waals surface area contributed by atoms with Crippen molar-refractivity contribution in [2.24, 2.45) is 0 Å². The van der Waals surface area contributed by atoms with Crippen LogP contribution < -0.4 is 5.32 Å². The minimum absolute atomic E-state index is 0.440. The zero-order chi connectivity index (χ0) is 12.6. The smallest absolute Gasteiger partial charge is 0.322 e. The van der Waals surface area contributed by atoms with Gasteiger partial charge in [0.05, 0.1) is 0 Å². The van der Waals surface area contributed by atoms with Gasteiger partial charge in [0.1, 0.15) is 6.04 Å². The standard InChI is InChI=1S/C12H26N2O2/c1-5-7-10(3)14(4)9-11(12(15)16)13-8-6-2/h10-11,13H,5-9H2,1-4H3,(H,15,16). The number of carbonyl (C=O) groups is 1. The van der Waals surface area contributed by atoms with Crippen LogP contribution in [-0.2, 0) is 4.79 Å². The van der Waals surface area contributed by atoms with Crippen LogP contribution in [0.5, 0.6) is 0 Å². The molecule has 0 fully saturated rings. The minimum Gasteiger partial charge on any atom is -0.480 e. The van der Waals surface area contributed by atoms with E-state index in [1.54, 1.807) is 0 Å². The van der Waals surface area contributed by atoms with Crippen molar-refractivity contribution in [1.82, 2.24) is 10.2 Å². The maximum absolute atomic E-state index is 11.0. The van der Waals surface area contributed by atoms with Crippen LogP contribution in [0.4, 0.5) is 0 Å². The van der Waals surface area contributed by atoms with Crippen molar-refractivity contribution in [3.63, 3.8) is 0 Å². The molecule has 4 nitrogen and oxygen atoms in total. The van der Waals surface area contributed by atoms with Crippen molar-refractivity contribution < 1.29 is 9.90 Å². The van der Waals surface area contributed by atoms with E-state index in [1.807, 2.05) is 14.0 Å². The third-order valence-corrected chi connectivity index (χ3v) is 2.87. The fraction of sp³-hybridized carbons (Fsp3) is 0.917. The van der Waals surface area contributed by atoms with Crippen molar-refractivity contribution in [1.29, 1.82) is 0 Å². The molecule has 2 unspecified atom stereocenters. The van der Waals surface area contributed by atoms with Gasteiger partial charge < -0.3 is 15.3 Å². The Morgan fingerprint density at radius 1 is 1.38 bits per heavy atom. The molecule has 0 spiro atoms. The van der Waals surface area contributed by atoms with Gasteiger partial charge in [-0.05, 0) is 33.4 Å². The third-order valence-electron chi connectivity index (χ3n) is 2.87. The topological polar surface area (TPSA) is 52.6 Å². The Morgan fingerprint density at radius 3 is 2.44 bits per heavy atom. The number of aliphatic carboxylic acids is 1. The normalized spacial score (nSPS) is 15.1. The molecule has 0 aromatic rings. The Hall–Kier alpha value is -0.610. The monoisotopic (exact) mass is 230 g/mol. The molecule has 0 saturated heterocycles. The molecule has 96 valence electrons. The summed E-state index contributed by atoms with van der Waals surface area (Å²) in [6.45, 7) is 7.65. The molecule has 2 atom stereocenters. The lowest BCUT2D eigenvalue weighted by molar-refractivity contribution is -0.140. The van der Waals surface area contributed by atoms with Crippen molar-refractivity contribution in [3.05, 3.63) is 0 Å². The van der Waals surface area contributed by atoms with Crippen LogP contribution in [0.15, 0.2) is 0 Å². The molecule has 0 aliphatic rings. The van der Waals surface area contributed by atoms with Gasteiger partial charge in [0.25, 0.3) is 0 Å². The number of nitrogens with one attached hydrogen (secondary N) is 1. The average Bonchev–Trinajstić information content (AvgIpc) is 2.23. The van der Waals surface area contributed by atoms with Crippen LogP contribution in [-0.4, -0.2) is 48.2 Å². The Morgan fingerprint density at radius 2 is 2.00 bits per heavy atom. The van der Waals surface area contributed by atoms with Gasteiger partial charge in [-0.2, -0.15) is 0 Å².